The monoisotopic (exact) mass is 305 g/mol. The highest BCUT2D eigenvalue weighted by Gasteiger charge is 2.37. The highest BCUT2D eigenvalue weighted by atomic mass is 19.1. The topological polar surface area (TPSA) is 84.0 Å². The van der Waals surface area contributed by atoms with Gasteiger partial charge in [-0.2, -0.15) is 15.4 Å². The smallest absolute Gasteiger partial charge is 0.228 e. The van der Waals surface area contributed by atoms with Gasteiger partial charge in [0.25, 0.3) is 0 Å². The number of aromatic amines is 1. The van der Waals surface area contributed by atoms with Gasteiger partial charge in [-0.15, -0.1) is 0 Å². The summed E-state index contributed by atoms with van der Waals surface area (Å²) >= 11 is 0. The predicted molar refractivity (Wildman–Crippen MR) is 74.4 cm³/mol. The number of nitrogens with zero attached hydrogens (tertiary/aromatic N) is 4. The van der Waals surface area contributed by atoms with Crippen molar-refractivity contribution in [3.63, 3.8) is 0 Å². The number of halogens is 1. The molecule has 8 heteroatoms. The van der Waals surface area contributed by atoms with Gasteiger partial charge in [0.1, 0.15) is 5.82 Å². The molecule has 1 amide bonds. The number of ether oxygens (including phenoxy) is 1. The van der Waals surface area contributed by atoms with Crippen LogP contribution in [0, 0.1) is 5.82 Å². The fraction of sp³-hybridized carbons (Fsp3) is 0.429. The van der Waals surface area contributed by atoms with Crippen molar-refractivity contribution in [3.05, 3.63) is 41.7 Å². The highest BCUT2D eigenvalue weighted by molar-refractivity contribution is 5.78. The van der Waals surface area contributed by atoms with Crippen LogP contribution in [0.4, 0.5) is 4.39 Å². The van der Waals surface area contributed by atoms with E-state index in [1.807, 2.05) is 0 Å². The first-order valence-corrected chi connectivity index (χ1v) is 6.94. The average molecular weight is 305 g/mol. The normalized spacial score (nSPS) is 21.3. The Morgan fingerprint density at radius 3 is 3.09 bits per heavy atom. The summed E-state index contributed by atoms with van der Waals surface area (Å²) in [5.41, 5.74) is 0.914. The largest absolute Gasteiger partial charge is 0.379 e. The number of amides is 1. The molecule has 2 aromatic rings. The van der Waals surface area contributed by atoms with Gasteiger partial charge in [0.05, 0.1) is 36.0 Å². The molecule has 1 aliphatic rings. The zero-order valence-electron chi connectivity index (χ0n) is 12.1. The summed E-state index contributed by atoms with van der Waals surface area (Å²) in [7, 11) is 1.60. The van der Waals surface area contributed by atoms with E-state index in [1.165, 1.54) is 18.3 Å². The molecule has 1 aliphatic heterocycles. The molecular weight excluding hydrogens is 289 g/mol. The summed E-state index contributed by atoms with van der Waals surface area (Å²) in [6.45, 7) is 0.916. The molecule has 2 aromatic heterocycles. The molecule has 0 radical (unpaired) electrons. The Morgan fingerprint density at radius 2 is 2.41 bits per heavy atom. The maximum Gasteiger partial charge on any atom is 0.228 e. The average Bonchev–Trinajstić information content (AvgIpc) is 3.18. The van der Waals surface area contributed by atoms with E-state index in [0.29, 0.717) is 13.1 Å². The number of likely N-dealkylation sites (tertiary alicyclic amines) is 1. The van der Waals surface area contributed by atoms with Crippen LogP contribution in [0.5, 0.6) is 0 Å². The van der Waals surface area contributed by atoms with Gasteiger partial charge in [-0.1, -0.05) is 0 Å². The van der Waals surface area contributed by atoms with E-state index in [2.05, 4.69) is 20.4 Å². The number of methoxy groups -OCH3 is 1. The van der Waals surface area contributed by atoms with Crippen LogP contribution < -0.4 is 0 Å². The van der Waals surface area contributed by atoms with Crippen molar-refractivity contribution in [2.24, 2.45) is 0 Å². The molecule has 0 unspecified atom stereocenters. The lowest BCUT2D eigenvalue weighted by molar-refractivity contribution is -0.130. The number of rotatable bonds is 4. The summed E-state index contributed by atoms with van der Waals surface area (Å²) in [5, 5.41) is 10.4. The van der Waals surface area contributed by atoms with E-state index in [4.69, 9.17) is 4.74 Å². The van der Waals surface area contributed by atoms with E-state index in [9.17, 15) is 9.18 Å². The van der Waals surface area contributed by atoms with E-state index >= 15 is 0 Å². The molecule has 3 heterocycles. The summed E-state index contributed by atoms with van der Waals surface area (Å²) < 4.78 is 19.0. The maximum absolute atomic E-state index is 13.6. The summed E-state index contributed by atoms with van der Waals surface area (Å²) in [4.78, 5) is 17.9. The second-order valence-corrected chi connectivity index (χ2v) is 5.18. The van der Waals surface area contributed by atoms with Crippen molar-refractivity contribution in [1.29, 1.82) is 0 Å². The number of hydrogen-bond donors (Lipinski definition) is 1. The Kier molecular flexibility index (Phi) is 4.10. The Balaban J connectivity index is 1.70. The Hall–Kier alpha value is -2.35. The van der Waals surface area contributed by atoms with Crippen molar-refractivity contribution >= 4 is 5.91 Å². The third kappa shape index (κ3) is 2.82. The molecule has 7 nitrogen and oxygen atoms in total. The SMILES string of the molecule is CO[C@@H]1CN(C(=O)Cc2ncccc2F)C[C@H]1c1cn[nH]n1. The van der Waals surface area contributed by atoms with E-state index in [0.717, 1.165) is 5.69 Å². The molecule has 1 saturated heterocycles. The molecule has 3 rings (SSSR count). The van der Waals surface area contributed by atoms with Crippen molar-refractivity contribution in [2.75, 3.05) is 20.2 Å². The van der Waals surface area contributed by atoms with Gasteiger partial charge in [0.15, 0.2) is 0 Å². The van der Waals surface area contributed by atoms with Crippen LogP contribution in [-0.2, 0) is 16.0 Å². The first kappa shape index (κ1) is 14.6. The number of H-pyrrole nitrogens is 1. The van der Waals surface area contributed by atoms with Crippen LogP contribution in [0.3, 0.4) is 0 Å². The second-order valence-electron chi connectivity index (χ2n) is 5.18. The highest BCUT2D eigenvalue weighted by Crippen LogP contribution is 2.28. The zero-order chi connectivity index (χ0) is 15.5. The van der Waals surface area contributed by atoms with Crippen LogP contribution in [0.2, 0.25) is 0 Å². The van der Waals surface area contributed by atoms with E-state index < -0.39 is 5.82 Å². The van der Waals surface area contributed by atoms with Crippen LogP contribution in [0.15, 0.2) is 24.5 Å². The molecular formula is C14H16FN5O2. The first-order valence-electron chi connectivity index (χ1n) is 6.94. The summed E-state index contributed by atoms with van der Waals surface area (Å²) in [6, 6.07) is 2.80. The fourth-order valence-corrected chi connectivity index (χ4v) is 2.69. The summed E-state index contributed by atoms with van der Waals surface area (Å²) in [6.07, 6.45) is 2.89. The van der Waals surface area contributed by atoms with E-state index in [1.54, 1.807) is 18.2 Å². The van der Waals surface area contributed by atoms with Gasteiger partial charge in [-0.05, 0) is 12.1 Å². The molecule has 0 aromatic carbocycles. The molecule has 2 atom stereocenters. The minimum atomic E-state index is -0.466. The molecule has 0 aliphatic carbocycles. The lowest BCUT2D eigenvalue weighted by Gasteiger charge is -2.15. The minimum Gasteiger partial charge on any atom is -0.379 e. The van der Waals surface area contributed by atoms with Gasteiger partial charge >= 0.3 is 0 Å². The van der Waals surface area contributed by atoms with Crippen molar-refractivity contribution in [1.82, 2.24) is 25.3 Å². The van der Waals surface area contributed by atoms with Gasteiger partial charge in [-0.25, -0.2) is 4.39 Å². The molecule has 0 bridgehead atoms. The molecule has 116 valence electrons. The zero-order valence-corrected chi connectivity index (χ0v) is 12.1. The third-order valence-electron chi connectivity index (χ3n) is 3.89. The van der Waals surface area contributed by atoms with Crippen molar-refractivity contribution in [2.45, 2.75) is 18.4 Å². The number of pyridine rings is 1. The fourth-order valence-electron chi connectivity index (χ4n) is 2.69. The van der Waals surface area contributed by atoms with Crippen LogP contribution in [-0.4, -0.2) is 57.5 Å². The van der Waals surface area contributed by atoms with Crippen LogP contribution >= 0.6 is 0 Å². The first-order chi connectivity index (χ1) is 10.7. The Labute approximate surface area is 126 Å². The van der Waals surface area contributed by atoms with Crippen LogP contribution in [0.1, 0.15) is 17.3 Å². The number of carbonyl (C=O) groups excluding carboxylic acids is 1. The van der Waals surface area contributed by atoms with Crippen molar-refractivity contribution < 1.29 is 13.9 Å². The van der Waals surface area contributed by atoms with E-state index in [-0.39, 0.29) is 30.0 Å². The quantitative estimate of drug-likeness (QED) is 0.890. The molecule has 1 N–H and O–H groups in total. The molecule has 0 saturated carbocycles. The lowest BCUT2D eigenvalue weighted by Crippen LogP contribution is -2.31. The summed E-state index contributed by atoms with van der Waals surface area (Å²) in [5.74, 6) is -0.682. The van der Waals surface area contributed by atoms with Crippen molar-refractivity contribution in [3.8, 4) is 0 Å². The Bertz CT molecular complexity index is 648. The number of carbonyl (C=O) groups is 1. The van der Waals surface area contributed by atoms with Gasteiger partial charge in [0.2, 0.25) is 5.91 Å². The Morgan fingerprint density at radius 1 is 1.55 bits per heavy atom. The number of aromatic nitrogens is 4. The second kappa shape index (κ2) is 6.18. The minimum absolute atomic E-state index is 0.0405. The standard InChI is InChI=1S/C14H16FN5O2/c1-22-13-8-20(7-9(13)12-6-17-19-18-12)14(21)5-11-10(15)3-2-4-16-11/h2-4,6,9,13H,5,7-8H2,1H3,(H,17,18,19)/t9-,13+/m0/s1. The molecule has 22 heavy (non-hydrogen) atoms. The lowest BCUT2D eigenvalue weighted by atomic mass is 10.0. The third-order valence-corrected chi connectivity index (χ3v) is 3.89. The van der Waals surface area contributed by atoms with Crippen LogP contribution in [0.25, 0.3) is 0 Å². The predicted octanol–water partition coefficient (Wildman–Crippen LogP) is 0.522. The van der Waals surface area contributed by atoms with Gasteiger partial charge in [-0.3, -0.25) is 9.78 Å². The van der Waals surface area contributed by atoms with Gasteiger partial charge < -0.3 is 9.64 Å². The molecule has 1 fully saturated rings. The number of nitrogens with one attached hydrogen (secondary N) is 1. The maximum atomic E-state index is 13.6. The van der Waals surface area contributed by atoms with Gasteiger partial charge in [0, 0.05) is 26.4 Å². The number of hydrogen-bond acceptors (Lipinski definition) is 5. The molecule has 0 spiro atoms.